The number of nitrogens with two attached hydrogens (primary N) is 1. The Morgan fingerprint density at radius 3 is 1.90 bits per heavy atom. The quantitative estimate of drug-likeness (QED) is 0.628. The van der Waals surface area contributed by atoms with Crippen LogP contribution in [0.4, 0.5) is 0 Å². The molecule has 0 radical (unpaired) electrons. The lowest BCUT2D eigenvalue weighted by Crippen LogP contribution is -2.38. The highest BCUT2D eigenvalue weighted by Gasteiger charge is 2.21. The Balaban J connectivity index is 4.00. The van der Waals surface area contributed by atoms with Crippen molar-refractivity contribution in [1.29, 1.82) is 10.5 Å². The SMILES string of the molecule is CCC(N)(CC#N)CC#N. The van der Waals surface area contributed by atoms with Crippen LogP contribution in [-0.4, -0.2) is 5.54 Å². The van der Waals surface area contributed by atoms with Crippen LogP contribution in [0.3, 0.4) is 0 Å². The molecule has 0 unspecified atom stereocenters. The van der Waals surface area contributed by atoms with Crippen LogP contribution in [0.25, 0.3) is 0 Å². The Hall–Kier alpha value is -1.06. The molecule has 0 saturated heterocycles. The molecule has 0 aliphatic rings. The van der Waals surface area contributed by atoms with Gasteiger partial charge in [0.15, 0.2) is 0 Å². The molecule has 3 heteroatoms. The van der Waals surface area contributed by atoms with Crippen LogP contribution in [0.1, 0.15) is 26.2 Å². The average Bonchev–Trinajstić information content (AvgIpc) is 1.89. The molecule has 0 bridgehead atoms. The molecule has 0 aromatic rings. The van der Waals surface area contributed by atoms with E-state index in [-0.39, 0.29) is 12.8 Å². The number of nitriles is 2. The van der Waals surface area contributed by atoms with E-state index in [1.807, 2.05) is 19.1 Å². The molecule has 0 rings (SSSR count). The molecule has 3 nitrogen and oxygen atoms in total. The summed E-state index contributed by atoms with van der Waals surface area (Å²) in [6.07, 6.45) is 1.20. The van der Waals surface area contributed by atoms with Gasteiger partial charge in [0.1, 0.15) is 0 Å². The smallest absolute Gasteiger partial charge is 0.0641 e. The van der Waals surface area contributed by atoms with E-state index in [9.17, 15) is 0 Å². The standard InChI is InChI=1S/C7H11N3/c1-2-7(10,3-5-8)4-6-9/h2-4,10H2,1H3. The van der Waals surface area contributed by atoms with E-state index < -0.39 is 5.54 Å². The second-order valence-corrected chi connectivity index (χ2v) is 2.39. The average molecular weight is 137 g/mol. The fourth-order valence-electron chi connectivity index (χ4n) is 0.627. The molecular formula is C7H11N3. The summed E-state index contributed by atoms with van der Waals surface area (Å²) in [7, 11) is 0. The zero-order chi connectivity index (χ0) is 8.04. The van der Waals surface area contributed by atoms with Crippen molar-refractivity contribution in [2.45, 2.75) is 31.7 Å². The molecular weight excluding hydrogens is 126 g/mol. The second-order valence-electron chi connectivity index (χ2n) is 2.39. The van der Waals surface area contributed by atoms with Crippen molar-refractivity contribution in [2.24, 2.45) is 5.73 Å². The predicted octanol–water partition coefficient (Wildman–Crippen LogP) is 0.921. The third-order valence-electron chi connectivity index (χ3n) is 1.57. The Kier molecular flexibility index (Phi) is 3.46. The molecule has 54 valence electrons. The second kappa shape index (κ2) is 3.87. The van der Waals surface area contributed by atoms with E-state index in [1.165, 1.54) is 0 Å². The minimum Gasteiger partial charge on any atom is -0.323 e. The van der Waals surface area contributed by atoms with Crippen molar-refractivity contribution in [1.82, 2.24) is 0 Å². The Morgan fingerprint density at radius 2 is 1.70 bits per heavy atom. The molecule has 2 N–H and O–H groups in total. The zero-order valence-corrected chi connectivity index (χ0v) is 6.09. The third kappa shape index (κ3) is 2.48. The molecule has 0 saturated carbocycles. The number of rotatable bonds is 3. The van der Waals surface area contributed by atoms with Crippen LogP contribution in [0.15, 0.2) is 0 Å². The van der Waals surface area contributed by atoms with Crippen LogP contribution in [-0.2, 0) is 0 Å². The highest BCUT2D eigenvalue weighted by atomic mass is 14.7. The van der Waals surface area contributed by atoms with Crippen LogP contribution < -0.4 is 5.73 Å². The summed E-state index contributed by atoms with van der Waals surface area (Å²) in [6.45, 7) is 1.88. The van der Waals surface area contributed by atoms with Crippen LogP contribution in [0.5, 0.6) is 0 Å². The van der Waals surface area contributed by atoms with Crippen molar-refractivity contribution in [3.05, 3.63) is 0 Å². The summed E-state index contributed by atoms with van der Waals surface area (Å²) in [5, 5.41) is 16.6. The molecule has 0 atom stereocenters. The minimum absolute atomic E-state index is 0.261. The Labute approximate surface area is 61.1 Å². The molecule has 10 heavy (non-hydrogen) atoms. The van der Waals surface area contributed by atoms with Gasteiger partial charge in [0.2, 0.25) is 0 Å². The highest BCUT2D eigenvalue weighted by Crippen LogP contribution is 2.14. The maximum absolute atomic E-state index is 8.32. The molecule has 0 amide bonds. The fraction of sp³-hybridized carbons (Fsp3) is 0.714. The van der Waals surface area contributed by atoms with E-state index in [0.717, 1.165) is 0 Å². The van der Waals surface area contributed by atoms with Gasteiger partial charge in [-0.25, -0.2) is 0 Å². The lowest BCUT2D eigenvalue weighted by atomic mass is 9.91. The summed E-state index contributed by atoms with van der Waals surface area (Å²) in [5.41, 5.74) is 5.09. The highest BCUT2D eigenvalue weighted by molar-refractivity contribution is 4.97. The Bertz CT molecular complexity index is 156. The van der Waals surface area contributed by atoms with E-state index >= 15 is 0 Å². The molecule has 0 aliphatic carbocycles. The first-order valence-corrected chi connectivity index (χ1v) is 3.21. The van der Waals surface area contributed by atoms with Crippen molar-refractivity contribution in [2.75, 3.05) is 0 Å². The first kappa shape index (κ1) is 8.94. The zero-order valence-electron chi connectivity index (χ0n) is 6.09. The van der Waals surface area contributed by atoms with E-state index in [1.54, 1.807) is 0 Å². The summed E-state index contributed by atoms with van der Waals surface area (Å²) >= 11 is 0. The maximum atomic E-state index is 8.32. The monoisotopic (exact) mass is 137 g/mol. The Morgan fingerprint density at radius 1 is 1.30 bits per heavy atom. The summed E-state index contributed by atoms with van der Waals surface area (Å²) in [6, 6.07) is 3.94. The molecule has 0 aromatic heterocycles. The number of hydrogen-bond acceptors (Lipinski definition) is 3. The number of nitrogens with zero attached hydrogens (tertiary/aromatic N) is 2. The fourth-order valence-corrected chi connectivity index (χ4v) is 0.627. The van der Waals surface area contributed by atoms with E-state index in [0.29, 0.717) is 6.42 Å². The van der Waals surface area contributed by atoms with Gasteiger partial charge >= 0.3 is 0 Å². The summed E-state index contributed by atoms with van der Waals surface area (Å²) in [5.74, 6) is 0. The normalized spacial score (nSPS) is 10.0. The van der Waals surface area contributed by atoms with Crippen LogP contribution in [0, 0.1) is 22.7 Å². The van der Waals surface area contributed by atoms with Gasteiger partial charge < -0.3 is 5.73 Å². The number of hydrogen-bond donors (Lipinski definition) is 1. The van der Waals surface area contributed by atoms with Gasteiger partial charge in [-0.05, 0) is 6.42 Å². The van der Waals surface area contributed by atoms with Crippen molar-refractivity contribution < 1.29 is 0 Å². The molecule has 0 fully saturated rings. The van der Waals surface area contributed by atoms with Crippen molar-refractivity contribution in [3.8, 4) is 12.1 Å². The molecule has 0 spiro atoms. The van der Waals surface area contributed by atoms with Crippen LogP contribution >= 0.6 is 0 Å². The van der Waals surface area contributed by atoms with Gasteiger partial charge in [0.05, 0.1) is 25.0 Å². The van der Waals surface area contributed by atoms with E-state index in [2.05, 4.69) is 0 Å². The van der Waals surface area contributed by atoms with Gasteiger partial charge in [-0.1, -0.05) is 6.92 Å². The topological polar surface area (TPSA) is 73.6 Å². The van der Waals surface area contributed by atoms with Crippen molar-refractivity contribution in [3.63, 3.8) is 0 Å². The molecule has 0 aromatic carbocycles. The lowest BCUT2D eigenvalue weighted by molar-refractivity contribution is 0.428. The predicted molar refractivity (Wildman–Crippen MR) is 37.7 cm³/mol. The van der Waals surface area contributed by atoms with Gasteiger partial charge in [0, 0.05) is 5.54 Å². The lowest BCUT2D eigenvalue weighted by Gasteiger charge is -2.20. The van der Waals surface area contributed by atoms with Crippen LogP contribution in [0.2, 0.25) is 0 Å². The van der Waals surface area contributed by atoms with E-state index in [4.69, 9.17) is 16.3 Å². The summed E-state index contributed by atoms with van der Waals surface area (Å²) < 4.78 is 0. The third-order valence-corrected chi connectivity index (χ3v) is 1.57. The largest absolute Gasteiger partial charge is 0.323 e. The van der Waals surface area contributed by atoms with Gasteiger partial charge in [-0.15, -0.1) is 0 Å². The van der Waals surface area contributed by atoms with Crippen molar-refractivity contribution >= 4 is 0 Å². The van der Waals surface area contributed by atoms with Gasteiger partial charge in [-0.3, -0.25) is 0 Å². The molecule has 0 aliphatic heterocycles. The maximum Gasteiger partial charge on any atom is 0.0641 e. The van der Waals surface area contributed by atoms with Gasteiger partial charge in [0.25, 0.3) is 0 Å². The van der Waals surface area contributed by atoms with Gasteiger partial charge in [-0.2, -0.15) is 10.5 Å². The molecule has 0 heterocycles. The summed E-state index contributed by atoms with van der Waals surface area (Å²) in [4.78, 5) is 0. The minimum atomic E-state index is -0.580. The first-order valence-electron chi connectivity index (χ1n) is 3.21. The first-order chi connectivity index (χ1) is 4.68.